The lowest BCUT2D eigenvalue weighted by Crippen LogP contribution is -1.90. The molecule has 0 heterocycles. The summed E-state index contributed by atoms with van der Waals surface area (Å²) in [7, 11) is 0. The molecule has 5 nitrogen and oxygen atoms in total. The minimum Gasteiger partial charge on any atom is -0.498 e. The van der Waals surface area contributed by atoms with Crippen molar-refractivity contribution in [1.29, 1.82) is 0 Å². The Morgan fingerprint density at radius 1 is 1.42 bits per heavy atom. The Morgan fingerprint density at radius 2 is 2.08 bits per heavy atom. The van der Waals surface area contributed by atoms with E-state index in [9.17, 15) is 15.3 Å². The van der Waals surface area contributed by atoms with E-state index in [2.05, 4.69) is 5.01 Å². The number of nitrogens with zero attached hydrogens (tertiary/aromatic N) is 2. The number of nitro groups is 1. The van der Waals surface area contributed by atoms with E-state index in [4.69, 9.17) is 0 Å². The molecule has 1 aromatic rings. The smallest absolute Gasteiger partial charge is 0.343 e. The van der Waals surface area contributed by atoms with Crippen molar-refractivity contribution in [3.05, 3.63) is 50.2 Å². The monoisotopic (exact) mass is 164 g/mol. The molecule has 0 saturated heterocycles. The highest BCUT2D eigenvalue weighted by atomic mass is 16.6. The molecule has 0 aliphatic heterocycles. The van der Waals surface area contributed by atoms with Gasteiger partial charge in [0.15, 0.2) is 5.56 Å². The second kappa shape index (κ2) is 3.34. The fourth-order valence-electron chi connectivity index (χ4n) is 0.777. The molecule has 1 rings (SSSR count). The largest absolute Gasteiger partial charge is 0.498 e. The Balaban J connectivity index is 3.23. The zero-order valence-electron chi connectivity index (χ0n) is 5.93. The normalized spacial score (nSPS) is 8.33. The van der Waals surface area contributed by atoms with Gasteiger partial charge in [-0.1, -0.05) is 12.1 Å². The molecule has 0 fully saturated rings. The third kappa shape index (κ3) is 1.49. The highest BCUT2D eigenvalue weighted by Crippen LogP contribution is 2.15. The Labute approximate surface area is 67.8 Å². The van der Waals surface area contributed by atoms with Gasteiger partial charge in [-0.05, 0) is 6.07 Å². The SMILES string of the molecule is O=[N+]([O-])c1ccccc1C#[N+][O-]. The molecule has 60 valence electrons. The van der Waals surface area contributed by atoms with Gasteiger partial charge < -0.3 is 5.21 Å². The van der Waals surface area contributed by atoms with Crippen LogP contribution in [-0.2, 0) is 0 Å². The number of hydrogen-bond acceptors (Lipinski definition) is 3. The lowest BCUT2D eigenvalue weighted by Gasteiger charge is -1.88. The Kier molecular flexibility index (Phi) is 2.23. The van der Waals surface area contributed by atoms with Crippen molar-refractivity contribution in [2.24, 2.45) is 0 Å². The van der Waals surface area contributed by atoms with E-state index >= 15 is 0 Å². The van der Waals surface area contributed by atoms with E-state index in [1.54, 1.807) is 6.07 Å². The summed E-state index contributed by atoms with van der Waals surface area (Å²) in [6.07, 6.45) is 0. The molecule has 0 saturated carbocycles. The summed E-state index contributed by atoms with van der Waals surface area (Å²) in [5, 5.41) is 22.4. The second-order valence-corrected chi connectivity index (χ2v) is 1.98. The van der Waals surface area contributed by atoms with Crippen molar-refractivity contribution in [2.75, 3.05) is 0 Å². The lowest BCUT2D eigenvalue weighted by molar-refractivity contribution is -0.385. The standard InChI is InChI=1S/C7H4N2O3/c10-8-5-6-3-1-2-4-7(6)9(11)12/h1-4H. The Morgan fingerprint density at radius 3 is 2.67 bits per heavy atom. The van der Waals surface area contributed by atoms with Crippen molar-refractivity contribution in [2.45, 2.75) is 0 Å². The number of hydrogen-bond donors (Lipinski definition) is 0. The first-order valence-corrected chi connectivity index (χ1v) is 3.07. The van der Waals surface area contributed by atoms with E-state index in [1.807, 2.05) is 6.07 Å². The first-order valence-electron chi connectivity index (χ1n) is 3.07. The van der Waals surface area contributed by atoms with E-state index in [0.717, 1.165) is 0 Å². The van der Waals surface area contributed by atoms with E-state index in [-0.39, 0.29) is 11.3 Å². The van der Waals surface area contributed by atoms with Gasteiger partial charge in [-0.2, -0.15) is 0 Å². The maximum atomic E-state index is 10.3. The molecule has 0 unspecified atom stereocenters. The quantitative estimate of drug-likeness (QED) is 0.469. The topological polar surface area (TPSA) is 70.6 Å². The maximum Gasteiger partial charge on any atom is 0.343 e. The molecule has 0 aliphatic carbocycles. The minimum atomic E-state index is -0.590. The van der Waals surface area contributed by atoms with Gasteiger partial charge in [0.25, 0.3) is 5.69 Å². The molecule has 0 aliphatic rings. The van der Waals surface area contributed by atoms with Crippen molar-refractivity contribution in [3.63, 3.8) is 0 Å². The van der Waals surface area contributed by atoms with Crippen molar-refractivity contribution < 1.29 is 4.92 Å². The average Bonchev–Trinajstić information content (AvgIpc) is 2.05. The number of rotatable bonds is 1. The Bertz CT molecular complexity index is 364. The molecule has 0 radical (unpaired) electrons. The first-order chi connectivity index (χ1) is 5.75. The van der Waals surface area contributed by atoms with Gasteiger partial charge in [-0.15, -0.1) is 0 Å². The minimum absolute atomic E-state index is 0.0949. The van der Waals surface area contributed by atoms with Gasteiger partial charge in [0, 0.05) is 11.1 Å². The maximum absolute atomic E-state index is 10.3. The van der Waals surface area contributed by atoms with Crippen LogP contribution >= 0.6 is 0 Å². The van der Waals surface area contributed by atoms with Gasteiger partial charge in [-0.25, -0.2) is 0 Å². The molecular formula is C7H4N2O3. The fourth-order valence-corrected chi connectivity index (χ4v) is 0.777. The van der Waals surface area contributed by atoms with E-state index < -0.39 is 4.92 Å². The zero-order chi connectivity index (χ0) is 8.97. The summed E-state index contributed by atoms with van der Waals surface area (Å²) < 4.78 is 0. The van der Waals surface area contributed by atoms with Gasteiger partial charge in [0.2, 0.25) is 0 Å². The van der Waals surface area contributed by atoms with Crippen LogP contribution in [0.15, 0.2) is 24.3 Å². The summed E-state index contributed by atoms with van der Waals surface area (Å²) in [5.41, 5.74) is -0.0744. The van der Waals surface area contributed by atoms with Crippen LogP contribution in [0.25, 0.3) is 5.01 Å². The number of benzene rings is 1. The van der Waals surface area contributed by atoms with Crippen LogP contribution in [0.4, 0.5) is 5.69 Å². The highest BCUT2D eigenvalue weighted by Gasteiger charge is 2.13. The summed E-state index contributed by atoms with van der Waals surface area (Å²) in [6, 6.07) is 7.75. The number of para-hydroxylation sites is 1. The number of nitro benzene ring substituents is 1. The molecule has 12 heavy (non-hydrogen) atoms. The van der Waals surface area contributed by atoms with Crippen LogP contribution in [0.3, 0.4) is 0 Å². The molecule has 0 bridgehead atoms. The summed E-state index contributed by atoms with van der Waals surface area (Å²) in [4.78, 5) is 9.73. The molecular weight excluding hydrogens is 160 g/mol. The molecule has 0 aromatic heterocycles. The third-order valence-electron chi connectivity index (χ3n) is 1.27. The van der Waals surface area contributed by atoms with Crippen molar-refractivity contribution >= 4 is 5.69 Å². The summed E-state index contributed by atoms with van der Waals surface area (Å²) >= 11 is 0. The van der Waals surface area contributed by atoms with Gasteiger partial charge >= 0.3 is 6.07 Å². The molecule has 5 heteroatoms. The first kappa shape index (κ1) is 8.01. The third-order valence-corrected chi connectivity index (χ3v) is 1.27. The lowest BCUT2D eigenvalue weighted by atomic mass is 10.2. The van der Waals surface area contributed by atoms with E-state index in [0.29, 0.717) is 0 Å². The van der Waals surface area contributed by atoms with Gasteiger partial charge in [0.1, 0.15) is 0 Å². The highest BCUT2D eigenvalue weighted by molar-refractivity contribution is 5.49. The van der Waals surface area contributed by atoms with Crippen LogP contribution < -0.4 is 0 Å². The van der Waals surface area contributed by atoms with Crippen molar-refractivity contribution in [3.8, 4) is 6.07 Å². The van der Waals surface area contributed by atoms with Crippen LogP contribution in [0.5, 0.6) is 0 Å². The zero-order valence-corrected chi connectivity index (χ0v) is 5.93. The predicted octanol–water partition coefficient (Wildman–Crippen LogP) is 1.77. The summed E-state index contributed by atoms with van der Waals surface area (Å²) in [5.74, 6) is 0. The van der Waals surface area contributed by atoms with Gasteiger partial charge in [-0.3, -0.25) is 10.1 Å². The van der Waals surface area contributed by atoms with Gasteiger partial charge in [0.05, 0.1) is 4.92 Å². The molecule has 0 spiro atoms. The molecule has 0 atom stereocenters. The fraction of sp³-hybridized carbons (Fsp3) is 0. The van der Waals surface area contributed by atoms with Crippen molar-refractivity contribution in [1.82, 2.24) is 0 Å². The summed E-state index contributed by atoms with van der Waals surface area (Å²) in [6.45, 7) is 0. The van der Waals surface area contributed by atoms with Crippen LogP contribution in [0.1, 0.15) is 5.56 Å². The van der Waals surface area contributed by atoms with Crippen LogP contribution in [-0.4, -0.2) is 4.92 Å². The average molecular weight is 164 g/mol. The second-order valence-electron chi connectivity index (χ2n) is 1.98. The molecule has 0 N–H and O–H groups in total. The predicted molar refractivity (Wildman–Crippen MR) is 42.8 cm³/mol. The molecule has 1 aromatic carbocycles. The molecule has 0 amide bonds. The van der Waals surface area contributed by atoms with E-state index in [1.165, 1.54) is 18.2 Å². The van der Waals surface area contributed by atoms with Crippen LogP contribution in [0.2, 0.25) is 0 Å². The Hall–Kier alpha value is -2.09. The van der Waals surface area contributed by atoms with Crippen LogP contribution in [0, 0.1) is 21.4 Å².